The average molecular weight is 218 g/mol. The topological polar surface area (TPSA) is 72.2 Å². The van der Waals surface area contributed by atoms with Gasteiger partial charge >= 0.3 is 0 Å². The van der Waals surface area contributed by atoms with E-state index in [2.05, 4.69) is 15.2 Å². The molecule has 1 aromatic rings. The number of nitriles is 1. The first-order valence-corrected chi connectivity index (χ1v) is 5.29. The maximum atomic E-state index is 9.09. The Morgan fingerprint density at radius 1 is 1.62 bits per heavy atom. The second-order valence-corrected chi connectivity index (χ2v) is 3.80. The number of rotatable bonds is 2. The summed E-state index contributed by atoms with van der Waals surface area (Å²) in [6.07, 6.45) is 1.57. The van der Waals surface area contributed by atoms with Crippen LogP contribution in [0.4, 0.5) is 5.82 Å². The van der Waals surface area contributed by atoms with Crippen LogP contribution in [-0.4, -0.2) is 42.4 Å². The first-order valence-electron chi connectivity index (χ1n) is 5.29. The highest BCUT2D eigenvalue weighted by Gasteiger charge is 2.19. The molecule has 0 radical (unpaired) electrons. The van der Waals surface area contributed by atoms with Gasteiger partial charge in [0, 0.05) is 31.9 Å². The first-order chi connectivity index (χ1) is 7.83. The average Bonchev–Trinajstić information content (AvgIpc) is 2.39. The van der Waals surface area contributed by atoms with E-state index >= 15 is 0 Å². The third kappa shape index (κ3) is 2.30. The second-order valence-electron chi connectivity index (χ2n) is 3.80. The molecule has 1 aliphatic rings. The van der Waals surface area contributed by atoms with Crippen molar-refractivity contribution < 1.29 is 5.11 Å². The lowest BCUT2D eigenvalue weighted by atomic mass is 10.2. The van der Waals surface area contributed by atoms with E-state index in [-0.39, 0.29) is 12.6 Å². The number of hydrogen-bond donors (Lipinski definition) is 2. The third-order valence-electron chi connectivity index (χ3n) is 2.68. The molecule has 2 heterocycles. The van der Waals surface area contributed by atoms with Crippen molar-refractivity contribution in [3.05, 3.63) is 23.9 Å². The molecule has 1 fully saturated rings. The van der Waals surface area contributed by atoms with Gasteiger partial charge in [-0.1, -0.05) is 0 Å². The van der Waals surface area contributed by atoms with Crippen molar-refractivity contribution in [1.29, 1.82) is 5.26 Å². The van der Waals surface area contributed by atoms with Gasteiger partial charge in [-0.2, -0.15) is 5.26 Å². The molecule has 1 aliphatic heterocycles. The van der Waals surface area contributed by atoms with E-state index < -0.39 is 0 Å². The van der Waals surface area contributed by atoms with Gasteiger partial charge in [0.25, 0.3) is 0 Å². The molecule has 0 aliphatic carbocycles. The van der Waals surface area contributed by atoms with Gasteiger partial charge in [0.15, 0.2) is 0 Å². The van der Waals surface area contributed by atoms with Crippen molar-refractivity contribution in [2.45, 2.75) is 6.04 Å². The number of nitrogens with one attached hydrogen (secondary N) is 1. The van der Waals surface area contributed by atoms with E-state index in [1.54, 1.807) is 12.3 Å². The molecule has 0 saturated carbocycles. The molecule has 0 unspecified atom stereocenters. The van der Waals surface area contributed by atoms with Crippen molar-refractivity contribution in [2.75, 3.05) is 31.1 Å². The summed E-state index contributed by atoms with van der Waals surface area (Å²) in [5.41, 5.74) is 0.567. The Morgan fingerprint density at radius 3 is 3.12 bits per heavy atom. The van der Waals surface area contributed by atoms with Crippen LogP contribution in [0.5, 0.6) is 0 Å². The van der Waals surface area contributed by atoms with E-state index in [4.69, 9.17) is 10.4 Å². The largest absolute Gasteiger partial charge is 0.395 e. The van der Waals surface area contributed by atoms with Gasteiger partial charge < -0.3 is 15.3 Å². The summed E-state index contributed by atoms with van der Waals surface area (Å²) < 4.78 is 0. The van der Waals surface area contributed by atoms with E-state index in [0.717, 1.165) is 25.5 Å². The molecule has 0 amide bonds. The van der Waals surface area contributed by atoms with Crippen molar-refractivity contribution >= 4 is 5.82 Å². The second kappa shape index (κ2) is 4.92. The Balaban J connectivity index is 2.08. The van der Waals surface area contributed by atoms with Crippen LogP contribution < -0.4 is 10.2 Å². The Morgan fingerprint density at radius 2 is 2.50 bits per heavy atom. The summed E-state index contributed by atoms with van der Waals surface area (Å²) in [7, 11) is 0. The number of aliphatic hydroxyl groups is 1. The van der Waals surface area contributed by atoms with Crippen LogP contribution in [0.15, 0.2) is 18.3 Å². The Labute approximate surface area is 94.3 Å². The SMILES string of the molecule is N#Cc1ccc(N2CCN[C@H](CO)C2)nc1. The van der Waals surface area contributed by atoms with Crippen LogP contribution in [0.2, 0.25) is 0 Å². The normalized spacial score (nSPS) is 20.5. The van der Waals surface area contributed by atoms with Crippen LogP contribution in [0.25, 0.3) is 0 Å². The number of aromatic nitrogens is 1. The van der Waals surface area contributed by atoms with Crippen LogP contribution in [-0.2, 0) is 0 Å². The molecule has 2 N–H and O–H groups in total. The number of hydrogen-bond acceptors (Lipinski definition) is 5. The summed E-state index contributed by atoms with van der Waals surface area (Å²) in [5.74, 6) is 0.860. The maximum Gasteiger partial charge on any atom is 0.128 e. The number of aliphatic hydroxyl groups excluding tert-OH is 1. The monoisotopic (exact) mass is 218 g/mol. The van der Waals surface area contributed by atoms with Crippen LogP contribution in [0.3, 0.4) is 0 Å². The fourth-order valence-electron chi connectivity index (χ4n) is 1.80. The van der Waals surface area contributed by atoms with E-state index in [9.17, 15) is 0 Å². The van der Waals surface area contributed by atoms with Gasteiger partial charge in [0.2, 0.25) is 0 Å². The lowest BCUT2D eigenvalue weighted by Gasteiger charge is -2.33. The molecule has 5 heteroatoms. The zero-order chi connectivity index (χ0) is 11.4. The first kappa shape index (κ1) is 10.9. The minimum atomic E-state index is 0.103. The fraction of sp³-hybridized carbons (Fsp3) is 0.455. The predicted octanol–water partition coefficient (Wildman–Crippen LogP) is -0.276. The van der Waals surface area contributed by atoms with E-state index in [0.29, 0.717) is 5.56 Å². The Bertz CT molecular complexity index is 384. The van der Waals surface area contributed by atoms with Crippen LogP contribution >= 0.6 is 0 Å². The van der Waals surface area contributed by atoms with Gasteiger partial charge in [-0.05, 0) is 12.1 Å². The van der Waals surface area contributed by atoms with Gasteiger partial charge in [0.05, 0.1) is 12.2 Å². The highest BCUT2D eigenvalue weighted by Crippen LogP contribution is 2.13. The molecule has 0 aromatic carbocycles. The fourth-order valence-corrected chi connectivity index (χ4v) is 1.80. The predicted molar refractivity (Wildman–Crippen MR) is 60.0 cm³/mol. The molecule has 1 saturated heterocycles. The minimum Gasteiger partial charge on any atom is -0.395 e. The molecule has 2 rings (SSSR count). The van der Waals surface area contributed by atoms with Crippen LogP contribution in [0.1, 0.15) is 5.56 Å². The Hall–Kier alpha value is -1.64. The smallest absolute Gasteiger partial charge is 0.128 e. The lowest BCUT2D eigenvalue weighted by Crippen LogP contribution is -2.52. The van der Waals surface area contributed by atoms with Gasteiger partial charge in [0.1, 0.15) is 11.9 Å². The number of piperazine rings is 1. The standard InChI is InChI=1S/C11H14N4O/c12-5-9-1-2-11(14-6-9)15-4-3-13-10(7-15)8-16/h1-2,6,10,13,16H,3-4,7-8H2/t10-/m0/s1. The molecule has 5 nitrogen and oxygen atoms in total. The van der Waals surface area contributed by atoms with Crippen molar-refractivity contribution in [3.63, 3.8) is 0 Å². The summed E-state index contributed by atoms with van der Waals surface area (Å²) in [6, 6.07) is 5.75. The molecule has 16 heavy (non-hydrogen) atoms. The van der Waals surface area contributed by atoms with E-state index in [1.807, 2.05) is 12.1 Å². The van der Waals surface area contributed by atoms with Crippen LogP contribution in [0, 0.1) is 11.3 Å². The number of pyridine rings is 1. The zero-order valence-corrected chi connectivity index (χ0v) is 8.93. The van der Waals surface area contributed by atoms with Gasteiger partial charge in [-0.3, -0.25) is 0 Å². The van der Waals surface area contributed by atoms with Crippen molar-refractivity contribution in [1.82, 2.24) is 10.3 Å². The van der Waals surface area contributed by atoms with Gasteiger partial charge in [-0.25, -0.2) is 4.98 Å². The highest BCUT2D eigenvalue weighted by atomic mass is 16.3. The van der Waals surface area contributed by atoms with Crippen molar-refractivity contribution in [2.24, 2.45) is 0 Å². The lowest BCUT2D eigenvalue weighted by molar-refractivity contribution is 0.235. The summed E-state index contributed by atoms with van der Waals surface area (Å²) in [6.45, 7) is 2.59. The molecule has 0 spiro atoms. The highest BCUT2D eigenvalue weighted by molar-refractivity contribution is 5.42. The Kier molecular flexibility index (Phi) is 3.34. The van der Waals surface area contributed by atoms with Crippen molar-refractivity contribution in [3.8, 4) is 6.07 Å². The van der Waals surface area contributed by atoms with Gasteiger partial charge in [-0.15, -0.1) is 0 Å². The third-order valence-corrected chi connectivity index (χ3v) is 2.68. The molecular weight excluding hydrogens is 204 g/mol. The summed E-state index contributed by atoms with van der Waals surface area (Å²) in [5, 5.41) is 21.0. The summed E-state index contributed by atoms with van der Waals surface area (Å²) >= 11 is 0. The molecule has 1 aromatic heterocycles. The number of anilines is 1. The van der Waals surface area contributed by atoms with E-state index in [1.165, 1.54) is 0 Å². The molecule has 1 atom stereocenters. The maximum absolute atomic E-state index is 9.09. The number of nitrogens with zero attached hydrogens (tertiary/aromatic N) is 3. The molecule has 84 valence electrons. The summed E-state index contributed by atoms with van der Waals surface area (Å²) in [4.78, 5) is 6.35. The zero-order valence-electron chi connectivity index (χ0n) is 8.93. The molecular formula is C11H14N4O. The minimum absolute atomic E-state index is 0.103. The molecule has 0 bridgehead atoms. The quantitative estimate of drug-likeness (QED) is 0.714.